The number of carbonyl (C=O) groups excluding carboxylic acids is 1. The van der Waals surface area contributed by atoms with Crippen LogP contribution >= 0.6 is 12.4 Å². The van der Waals surface area contributed by atoms with E-state index in [0.717, 1.165) is 17.7 Å². The molecule has 5 rings (SSSR count). The summed E-state index contributed by atoms with van der Waals surface area (Å²) < 4.78 is 73.8. The van der Waals surface area contributed by atoms with Crippen LogP contribution in [0.1, 0.15) is 74.5 Å². The molecule has 3 heterocycles. The standard InChI is InChI=1S/C33H40F4N4O5.ClH/c1-31(2,3)41-19-26(22-7-10-24(44-4)11-8-22)32(34,20-41)29(42)40-15-13-21(14-16-40)25-12-9-23(33(35,36)37)18-27(25)45-17-5-6-28-38-39-30(43)46-28;/h7-12,18,21,26H,5-6,13-17,19-20H2,1-4H3,(H,39,43);1H/t26-,32-;/m0./s1. The predicted molar refractivity (Wildman–Crippen MR) is 169 cm³/mol. The first-order chi connectivity index (χ1) is 21.7. The van der Waals surface area contributed by atoms with E-state index in [1.54, 1.807) is 36.3 Å². The van der Waals surface area contributed by atoms with Gasteiger partial charge in [0.1, 0.15) is 11.5 Å². The molecule has 2 aromatic carbocycles. The number of aromatic nitrogens is 2. The van der Waals surface area contributed by atoms with E-state index >= 15 is 4.39 Å². The number of hydrogen-bond acceptors (Lipinski definition) is 7. The predicted octanol–water partition coefficient (Wildman–Crippen LogP) is 6.14. The minimum Gasteiger partial charge on any atom is -0.497 e. The zero-order valence-electron chi connectivity index (χ0n) is 26.9. The molecule has 9 nitrogen and oxygen atoms in total. The van der Waals surface area contributed by atoms with Crippen LogP contribution in [-0.2, 0) is 17.4 Å². The van der Waals surface area contributed by atoms with E-state index in [9.17, 15) is 22.8 Å². The highest BCUT2D eigenvalue weighted by molar-refractivity contribution is 5.87. The average molecular weight is 685 g/mol. The quantitative estimate of drug-likeness (QED) is 0.214. The van der Waals surface area contributed by atoms with E-state index in [4.69, 9.17) is 13.9 Å². The van der Waals surface area contributed by atoms with Crippen molar-refractivity contribution < 1.29 is 36.2 Å². The summed E-state index contributed by atoms with van der Waals surface area (Å²) in [5, 5.41) is 5.88. The summed E-state index contributed by atoms with van der Waals surface area (Å²) in [6, 6.07) is 10.6. The van der Waals surface area contributed by atoms with Crippen molar-refractivity contribution in [2.45, 2.75) is 75.7 Å². The molecule has 258 valence electrons. The Bertz CT molecular complexity index is 1560. The summed E-state index contributed by atoms with van der Waals surface area (Å²) in [7, 11) is 1.56. The first-order valence-corrected chi connectivity index (χ1v) is 15.4. The number of aryl methyl sites for hydroxylation is 1. The Morgan fingerprint density at radius 2 is 1.79 bits per heavy atom. The fourth-order valence-corrected chi connectivity index (χ4v) is 6.35. The average Bonchev–Trinajstić information content (AvgIpc) is 3.61. The fraction of sp³-hybridized carbons (Fsp3) is 0.545. The zero-order chi connectivity index (χ0) is 33.3. The second-order valence-corrected chi connectivity index (χ2v) is 13.0. The number of carbonyl (C=O) groups is 1. The molecule has 2 fully saturated rings. The number of piperidine rings is 1. The van der Waals surface area contributed by atoms with Crippen molar-refractivity contribution in [3.05, 3.63) is 75.6 Å². The molecule has 0 radical (unpaired) electrons. The number of amides is 1. The Hall–Kier alpha value is -3.58. The number of aromatic amines is 1. The third kappa shape index (κ3) is 8.11. The Kier molecular flexibility index (Phi) is 11.0. The first-order valence-electron chi connectivity index (χ1n) is 15.4. The monoisotopic (exact) mass is 684 g/mol. The van der Waals surface area contributed by atoms with Crippen LogP contribution in [0.2, 0.25) is 0 Å². The molecule has 0 aliphatic carbocycles. The van der Waals surface area contributed by atoms with Crippen molar-refractivity contribution in [1.29, 1.82) is 0 Å². The molecule has 2 aliphatic heterocycles. The second kappa shape index (κ2) is 14.3. The summed E-state index contributed by atoms with van der Waals surface area (Å²) in [6.45, 7) is 6.94. The number of rotatable bonds is 9. The summed E-state index contributed by atoms with van der Waals surface area (Å²) in [5.74, 6) is -1.17. The minimum absolute atomic E-state index is 0. The van der Waals surface area contributed by atoms with E-state index in [1.807, 2.05) is 25.7 Å². The molecule has 1 N–H and O–H groups in total. The molecular weight excluding hydrogens is 644 g/mol. The van der Waals surface area contributed by atoms with Gasteiger partial charge in [-0.25, -0.2) is 14.3 Å². The van der Waals surface area contributed by atoms with Gasteiger partial charge in [0.25, 0.3) is 5.91 Å². The maximum atomic E-state index is 17.1. The van der Waals surface area contributed by atoms with Crippen LogP contribution in [0, 0.1) is 0 Å². The third-order valence-electron chi connectivity index (χ3n) is 9.04. The van der Waals surface area contributed by atoms with Gasteiger partial charge >= 0.3 is 11.9 Å². The highest BCUT2D eigenvalue weighted by Crippen LogP contribution is 2.45. The van der Waals surface area contributed by atoms with E-state index < -0.39 is 35.0 Å². The molecule has 2 atom stereocenters. The van der Waals surface area contributed by atoms with Crippen LogP contribution < -0.4 is 15.2 Å². The number of methoxy groups -OCH3 is 1. The number of hydrogen-bond donors (Lipinski definition) is 1. The lowest BCUT2D eigenvalue weighted by Crippen LogP contribution is -2.53. The molecule has 0 spiro atoms. The van der Waals surface area contributed by atoms with Crippen molar-refractivity contribution >= 4 is 18.3 Å². The van der Waals surface area contributed by atoms with E-state index in [-0.39, 0.29) is 68.2 Å². The highest BCUT2D eigenvalue weighted by atomic mass is 35.5. The van der Waals surface area contributed by atoms with E-state index in [2.05, 4.69) is 10.2 Å². The lowest BCUT2D eigenvalue weighted by Gasteiger charge is -2.38. The fourth-order valence-electron chi connectivity index (χ4n) is 6.35. The highest BCUT2D eigenvalue weighted by Gasteiger charge is 2.57. The Morgan fingerprint density at radius 1 is 1.11 bits per heavy atom. The summed E-state index contributed by atoms with van der Waals surface area (Å²) in [4.78, 5) is 28.7. The van der Waals surface area contributed by atoms with Gasteiger partial charge in [0.05, 0.1) is 19.3 Å². The lowest BCUT2D eigenvalue weighted by molar-refractivity contribution is -0.145. The number of benzene rings is 2. The molecule has 0 unspecified atom stereocenters. The molecule has 0 saturated carbocycles. The lowest BCUT2D eigenvalue weighted by atomic mass is 9.83. The second-order valence-electron chi connectivity index (χ2n) is 13.0. The number of halogens is 5. The molecule has 2 saturated heterocycles. The number of nitrogens with one attached hydrogen (secondary N) is 1. The van der Waals surface area contributed by atoms with Crippen molar-refractivity contribution in [2.24, 2.45) is 0 Å². The van der Waals surface area contributed by atoms with Crippen molar-refractivity contribution in [2.75, 3.05) is 39.9 Å². The van der Waals surface area contributed by atoms with Crippen LogP contribution in [0.4, 0.5) is 17.6 Å². The third-order valence-corrected chi connectivity index (χ3v) is 9.04. The van der Waals surface area contributed by atoms with Crippen molar-refractivity contribution in [3.63, 3.8) is 0 Å². The molecule has 0 bridgehead atoms. The smallest absolute Gasteiger partial charge is 0.434 e. The molecule has 14 heteroatoms. The van der Waals surface area contributed by atoms with Gasteiger partial charge in [0, 0.05) is 44.1 Å². The van der Waals surface area contributed by atoms with Gasteiger partial charge in [-0.1, -0.05) is 18.2 Å². The van der Waals surface area contributed by atoms with Gasteiger partial charge in [-0.05, 0) is 81.3 Å². The summed E-state index contributed by atoms with van der Waals surface area (Å²) >= 11 is 0. The maximum absolute atomic E-state index is 17.1. The first kappa shape index (κ1) is 36.3. The Balaban J connectivity index is 0.00000500. The Morgan fingerprint density at radius 3 is 2.36 bits per heavy atom. The maximum Gasteiger partial charge on any atom is 0.434 e. The normalized spacial score (nSPS) is 21.0. The van der Waals surface area contributed by atoms with Gasteiger partial charge in [0.2, 0.25) is 11.6 Å². The molecule has 47 heavy (non-hydrogen) atoms. The number of likely N-dealkylation sites (tertiary alicyclic amines) is 2. The molecular formula is C33H41ClF4N4O5. The van der Waals surface area contributed by atoms with Crippen LogP contribution in [0.25, 0.3) is 0 Å². The number of alkyl halides is 4. The van der Waals surface area contributed by atoms with Gasteiger partial charge in [0.15, 0.2) is 0 Å². The number of ether oxygens (including phenoxy) is 2. The van der Waals surface area contributed by atoms with Crippen LogP contribution in [0.5, 0.6) is 11.5 Å². The number of nitrogens with zero attached hydrogens (tertiary/aromatic N) is 3. The van der Waals surface area contributed by atoms with Crippen LogP contribution in [0.3, 0.4) is 0 Å². The van der Waals surface area contributed by atoms with Crippen molar-refractivity contribution in [3.8, 4) is 11.5 Å². The molecule has 1 aromatic heterocycles. The van der Waals surface area contributed by atoms with Crippen molar-refractivity contribution in [1.82, 2.24) is 20.0 Å². The number of H-pyrrole nitrogens is 1. The van der Waals surface area contributed by atoms with Gasteiger partial charge < -0.3 is 18.8 Å². The molecule has 3 aromatic rings. The van der Waals surface area contributed by atoms with Gasteiger partial charge in [-0.2, -0.15) is 13.2 Å². The van der Waals surface area contributed by atoms with E-state index in [0.29, 0.717) is 37.1 Å². The van der Waals surface area contributed by atoms with Crippen LogP contribution in [-0.4, -0.2) is 77.0 Å². The van der Waals surface area contributed by atoms with E-state index in [1.165, 1.54) is 6.07 Å². The summed E-state index contributed by atoms with van der Waals surface area (Å²) in [6.07, 6.45) is -3.04. The van der Waals surface area contributed by atoms with Crippen LogP contribution in [0.15, 0.2) is 51.7 Å². The van der Waals surface area contributed by atoms with Gasteiger partial charge in [-0.3, -0.25) is 9.69 Å². The topological polar surface area (TPSA) is 101 Å². The minimum atomic E-state index is -4.55. The zero-order valence-corrected chi connectivity index (χ0v) is 27.7. The SMILES string of the molecule is COc1ccc([C@@H]2CN(C(C)(C)C)C[C@@]2(F)C(=O)N2CCC(c3ccc(C(F)(F)F)cc3OCCCc3n[nH]c(=O)o3)CC2)cc1.Cl. The largest absolute Gasteiger partial charge is 0.497 e. The Labute approximate surface area is 277 Å². The summed E-state index contributed by atoms with van der Waals surface area (Å²) in [5.41, 5.74) is -2.00. The molecule has 2 aliphatic rings. The van der Waals surface area contributed by atoms with Gasteiger partial charge in [-0.15, -0.1) is 17.5 Å². The molecule has 1 amide bonds.